The number of nitrogens with zero attached hydrogens (tertiary/aromatic N) is 3. The molecule has 156 valence electrons. The van der Waals surface area contributed by atoms with Crippen LogP contribution in [0.2, 0.25) is 0 Å². The van der Waals surface area contributed by atoms with Crippen LogP contribution in [0, 0.1) is 5.92 Å². The number of methoxy groups -OCH3 is 1. The standard InChI is InChI=1S/C22H30N4O2S/c1-4-13-26-20(14-17-9-11-18(28-3)12-10-17)24-25-22(26)29-15-21(27)23-19-8-6-5-7-16(19)2/h4,9-12,16,19H,1,5-8,13-15H2,2-3H3,(H,23,27)/t16-,19+/m0/s1. The maximum atomic E-state index is 12.4. The number of amides is 1. The second-order valence-electron chi connectivity index (χ2n) is 7.55. The summed E-state index contributed by atoms with van der Waals surface area (Å²) in [6, 6.07) is 8.23. The summed E-state index contributed by atoms with van der Waals surface area (Å²) < 4.78 is 7.24. The van der Waals surface area contributed by atoms with E-state index < -0.39 is 0 Å². The van der Waals surface area contributed by atoms with Crippen molar-refractivity contribution >= 4 is 17.7 Å². The molecular formula is C22H30N4O2S. The highest BCUT2D eigenvalue weighted by Crippen LogP contribution is 2.24. The number of hydrogen-bond acceptors (Lipinski definition) is 5. The molecule has 3 rings (SSSR count). The van der Waals surface area contributed by atoms with Crippen LogP contribution >= 0.6 is 11.8 Å². The topological polar surface area (TPSA) is 69.0 Å². The van der Waals surface area contributed by atoms with Gasteiger partial charge in [-0.05, 0) is 36.5 Å². The van der Waals surface area contributed by atoms with Crippen molar-refractivity contribution in [2.45, 2.75) is 56.8 Å². The minimum Gasteiger partial charge on any atom is -0.497 e. The van der Waals surface area contributed by atoms with Gasteiger partial charge in [-0.3, -0.25) is 4.79 Å². The number of thioether (sulfide) groups is 1. The lowest BCUT2D eigenvalue weighted by molar-refractivity contribution is -0.119. The van der Waals surface area contributed by atoms with Gasteiger partial charge in [-0.2, -0.15) is 0 Å². The van der Waals surface area contributed by atoms with E-state index in [-0.39, 0.29) is 5.91 Å². The van der Waals surface area contributed by atoms with Crippen LogP contribution in [-0.4, -0.2) is 39.6 Å². The Labute approximate surface area is 177 Å². The Hall–Kier alpha value is -2.28. The number of ether oxygens (including phenoxy) is 1. The maximum absolute atomic E-state index is 12.4. The molecule has 0 aliphatic heterocycles. The first-order valence-corrected chi connectivity index (χ1v) is 11.2. The lowest BCUT2D eigenvalue weighted by Crippen LogP contribution is -2.41. The Morgan fingerprint density at radius 2 is 2.07 bits per heavy atom. The van der Waals surface area contributed by atoms with Crippen LogP contribution < -0.4 is 10.1 Å². The number of carbonyl (C=O) groups is 1. The zero-order valence-electron chi connectivity index (χ0n) is 17.3. The fraction of sp³-hybridized carbons (Fsp3) is 0.500. The Kier molecular flexibility index (Phi) is 7.75. The van der Waals surface area contributed by atoms with Crippen molar-refractivity contribution in [3.8, 4) is 5.75 Å². The number of rotatable bonds is 9. The van der Waals surface area contributed by atoms with E-state index in [4.69, 9.17) is 4.74 Å². The number of aromatic nitrogens is 3. The normalized spacial score (nSPS) is 19.0. The minimum absolute atomic E-state index is 0.0682. The van der Waals surface area contributed by atoms with E-state index in [1.54, 1.807) is 7.11 Å². The third-order valence-corrected chi connectivity index (χ3v) is 6.38. The van der Waals surface area contributed by atoms with Crippen molar-refractivity contribution in [1.82, 2.24) is 20.1 Å². The van der Waals surface area contributed by atoms with Gasteiger partial charge in [-0.1, -0.05) is 49.7 Å². The van der Waals surface area contributed by atoms with Crippen molar-refractivity contribution in [2.75, 3.05) is 12.9 Å². The smallest absolute Gasteiger partial charge is 0.230 e. The summed E-state index contributed by atoms with van der Waals surface area (Å²) in [4.78, 5) is 12.4. The van der Waals surface area contributed by atoms with E-state index in [0.717, 1.165) is 28.7 Å². The Morgan fingerprint density at radius 3 is 2.76 bits per heavy atom. The first-order chi connectivity index (χ1) is 14.1. The molecule has 6 nitrogen and oxygen atoms in total. The molecule has 1 fully saturated rings. The Morgan fingerprint density at radius 1 is 1.31 bits per heavy atom. The van der Waals surface area contributed by atoms with E-state index in [1.807, 2.05) is 34.9 Å². The molecule has 2 atom stereocenters. The molecule has 7 heteroatoms. The molecule has 1 aliphatic rings. The molecule has 0 saturated heterocycles. The fourth-order valence-corrected chi connectivity index (χ4v) is 4.48. The zero-order valence-corrected chi connectivity index (χ0v) is 18.1. The van der Waals surface area contributed by atoms with Crippen LogP contribution in [0.1, 0.15) is 44.0 Å². The molecule has 1 amide bonds. The van der Waals surface area contributed by atoms with Crippen LogP contribution in [-0.2, 0) is 17.8 Å². The van der Waals surface area contributed by atoms with Gasteiger partial charge in [0.05, 0.1) is 12.9 Å². The highest BCUT2D eigenvalue weighted by atomic mass is 32.2. The third-order valence-electron chi connectivity index (χ3n) is 5.42. The maximum Gasteiger partial charge on any atom is 0.230 e. The highest BCUT2D eigenvalue weighted by Gasteiger charge is 2.23. The van der Waals surface area contributed by atoms with Gasteiger partial charge in [0.2, 0.25) is 5.91 Å². The summed E-state index contributed by atoms with van der Waals surface area (Å²) in [5, 5.41) is 12.6. The molecule has 1 saturated carbocycles. The first kappa shape index (κ1) is 21.4. The van der Waals surface area contributed by atoms with Gasteiger partial charge in [0, 0.05) is 19.0 Å². The number of nitrogens with one attached hydrogen (secondary N) is 1. The summed E-state index contributed by atoms with van der Waals surface area (Å²) in [5.74, 6) is 2.66. The quantitative estimate of drug-likeness (QED) is 0.499. The molecule has 29 heavy (non-hydrogen) atoms. The summed E-state index contributed by atoms with van der Waals surface area (Å²) in [6.07, 6.45) is 7.23. The molecule has 0 spiro atoms. The van der Waals surface area contributed by atoms with Crippen LogP contribution in [0.3, 0.4) is 0 Å². The first-order valence-electron chi connectivity index (χ1n) is 10.2. The van der Waals surface area contributed by atoms with Crippen molar-refractivity contribution < 1.29 is 9.53 Å². The van der Waals surface area contributed by atoms with Gasteiger partial charge < -0.3 is 14.6 Å². The van der Waals surface area contributed by atoms with Crippen molar-refractivity contribution in [2.24, 2.45) is 5.92 Å². The van der Waals surface area contributed by atoms with Crippen molar-refractivity contribution in [1.29, 1.82) is 0 Å². The van der Waals surface area contributed by atoms with Gasteiger partial charge in [-0.15, -0.1) is 16.8 Å². The highest BCUT2D eigenvalue weighted by molar-refractivity contribution is 7.99. The summed E-state index contributed by atoms with van der Waals surface area (Å²) in [5.41, 5.74) is 1.13. The van der Waals surface area contributed by atoms with E-state index >= 15 is 0 Å². The molecule has 1 aromatic carbocycles. The SMILES string of the molecule is C=CCn1c(Cc2ccc(OC)cc2)nnc1SCC(=O)N[C@@H]1CCCC[C@@H]1C. The van der Waals surface area contributed by atoms with Gasteiger partial charge >= 0.3 is 0 Å². The lowest BCUT2D eigenvalue weighted by atomic mass is 9.86. The Bertz CT molecular complexity index is 819. The van der Waals surface area contributed by atoms with Crippen LogP contribution in [0.5, 0.6) is 5.75 Å². The number of allylic oxidation sites excluding steroid dienone is 1. The van der Waals surface area contributed by atoms with Crippen molar-refractivity contribution in [3.05, 3.63) is 48.3 Å². The van der Waals surface area contributed by atoms with Crippen LogP contribution in [0.4, 0.5) is 0 Å². The molecule has 1 heterocycles. The van der Waals surface area contributed by atoms with Gasteiger partial charge in [0.1, 0.15) is 11.6 Å². The molecule has 1 aliphatic carbocycles. The number of benzene rings is 1. The predicted molar refractivity (Wildman–Crippen MR) is 116 cm³/mol. The predicted octanol–water partition coefficient (Wildman–Crippen LogP) is 3.85. The molecule has 0 bridgehead atoms. The van der Waals surface area contributed by atoms with Crippen LogP contribution in [0.15, 0.2) is 42.1 Å². The zero-order chi connectivity index (χ0) is 20.6. The monoisotopic (exact) mass is 414 g/mol. The van der Waals surface area contributed by atoms with E-state index in [9.17, 15) is 4.79 Å². The molecule has 1 aromatic heterocycles. The number of carbonyl (C=O) groups excluding carboxylic acids is 1. The lowest BCUT2D eigenvalue weighted by Gasteiger charge is -2.29. The molecule has 1 N–H and O–H groups in total. The van der Waals surface area contributed by atoms with E-state index in [1.165, 1.54) is 31.0 Å². The number of hydrogen-bond donors (Lipinski definition) is 1. The molecule has 0 unspecified atom stereocenters. The van der Waals surface area contributed by atoms with Crippen molar-refractivity contribution in [3.63, 3.8) is 0 Å². The summed E-state index contributed by atoms with van der Waals surface area (Å²) in [7, 11) is 1.66. The Balaban J connectivity index is 1.61. The average molecular weight is 415 g/mol. The van der Waals surface area contributed by atoms with E-state index in [0.29, 0.717) is 30.7 Å². The van der Waals surface area contributed by atoms with Crippen LogP contribution in [0.25, 0.3) is 0 Å². The summed E-state index contributed by atoms with van der Waals surface area (Å²) >= 11 is 1.43. The van der Waals surface area contributed by atoms with Gasteiger partial charge in [0.15, 0.2) is 5.16 Å². The average Bonchev–Trinajstić information content (AvgIpc) is 3.10. The van der Waals surface area contributed by atoms with Gasteiger partial charge in [-0.25, -0.2) is 0 Å². The molecule has 2 aromatic rings. The van der Waals surface area contributed by atoms with Gasteiger partial charge in [0.25, 0.3) is 0 Å². The molecule has 0 radical (unpaired) electrons. The minimum atomic E-state index is 0.0682. The molecular weight excluding hydrogens is 384 g/mol. The largest absolute Gasteiger partial charge is 0.497 e. The second kappa shape index (κ2) is 10.5. The second-order valence-corrected chi connectivity index (χ2v) is 8.49. The summed E-state index contributed by atoms with van der Waals surface area (Å²) in [6.45, 7) is 6.69. The fourth-order valence-electron chi connectivity index (χ4n) is 3.70. The van der Waals surface area contributed by atoms with E-state index in [2.05, 4.69) is 29.0 Å². The third kappa shape index (κ3) is 5.85.